The first-order chi connectivity index (χ1) is 10.1. The molecule has 1 amide bonds. The van der Waals surface area contributed by atoms with Gasteiger partial charge in [0.2, 0.25) is 0 Å². The monoisotopic (exact) mass is 317 g/mol. The van der Waals surface area contributed by atoms with Crippen molar-refractivity contribution in [2.45, 2.75) is 13.5 Å². The van der Waals surface area contributed by atoms with Crippen LogP contribution in [0, 0.1) is 6.92 Å². The smallest absolute Gasteiger partial charge is 0.253 e. The Bertz CT molecular complexity index is 816. The standard InChI is InChI=1S/C15H12ClN3OS/c1-9-18-7-10(21-9)8-19-15(20)12-4-5-13(16)11-3-2-6-17-14(11)12/h2-7H,8H2,1H3,(H,19,20). The summed E-state index contributed by atoms with van der Waals surface area (Å²) in [5, 5.41) is 5.24. The lowest BCUT2D eigenvalue weighted by molar-refractivity contribution is 0.0953. The maximum Gasteiger partial charge on any atom is 0.253 e. The average Bonchev–Trinajstić information content (AvgIpc) is 2.91. The number of thiazole rings is 1. The molecule has 106 valence electrons. The van der Waals surface area contributed by atoms with Crippen LogP contribution in [0.3, 0.4) is 0 Å². The molecule has 3 aromatic rings. The van der Waals surface area contributed by atoms with Crippen molar-refractivity contribution in [3.05, 3.63) is 57.1 Å². The molecule has 4 nitrogen and oxygen atoms in total. The van der Waals surface area contributed by atoms with Crippen molar-refractivity contribution in [3.8, 4) is 0 Å². The van der Waals surface area contributed by atoms with Gasteiger partial charge in [0.25, 0.3) is 5.91 Å². The highest BCUT2D eigenvalue weighted by atomic mass is 35.5. The quantitative estimate of drug-likeness (QED) is 0.803. The molecule has 3 rings (SSSR count). The lowest BCUT2D eigenvalue weighted by atomic mass is 10.1. The lowest BCUT2D eigenvalue weighted by Crippen LogP contribution is -2.22. The van der Waals surface area contributed by atoms with Crippen LogP contribution in [0.2, 0.25) is 5.02 Å². The number of fused-ring (bicyclic) bond motifs is 1. The summed E-state index contributed by atoms with van der Waals surface area (Å²) in [5.41, 5.74) is 1.14. The molecule has 0 unspecified atom stereocenters. The Balaban J connectivity index is 1.86. The minimum Gasteiger partial charge on any atom is -0.347 e. The molecule has 0 fully saturated rings. The summed E-state index contributed by atoms with van der Waals surface area (Å²) in [6, 6.07) is 7.08. The molecule has 0 spiro atoms. The van der Waals surface area contributed by atoms with Gasteiger partial charge in [0.05, 0.1) is 27.7 Å². The van der Waals surface area contributed by atoms with E-state index in [0.29, 0.717) is 22.6 Å². The number of hydrogen-bond donors (Lipinski definition) is 1. The van der Waals surface area contributed by atoms with Gasteiger partial charge < -0.3 is 5.32 Å². The largest absolute Gasteiger partial charge is 0.347 e. The zero-order chi connectivity index (χ0) is 14.8. The molecule has 1 N–H and O–H groups in total. The number of aromatic nitrogens is 2. The van der Waals surface area contributed by atoms with Gasteiger partial charge in [-0.2, -0.15) is 0 Å². The zero-order valence-corrected chi connectivity index (χ0v) is 12.8. The summed E-state index contributed by atoms with van der Waals surface area (Å²) >= 11 is 7.70. The molecule has 0 saturated heterocycles. The Morgan fingerprint density at radius 1 is 1.33 bits per heavy atom. The predicted molar refractivity (Wildman–Crippen MR) is 84.8 cm³/mol. The van der Waals surface area contributed by atoms with Crippen LogP contribution in [-0.2, 0) is 6.54 Å². The van der Waals surface area contributed by atoms with E-state index in [9.17, 15) is 4.79 Å². The van der Waals surface area contributed by atoms with Crippen molar-refractivity contribution < 1.29 is 4.79 Å². The highest BCUT2D eigenvalue weighted by molar-refractivity contribution is 7.11. The number of carbonyl (C=O) groups excluding carboxylic acids is 1. The molecule has 1 aromatic carbocycles. The summed E-state index contributed by atoms with van der Waals surface area (Å²) in [5.74, 6) is -0.165. The highest BCUT2D eigenvalue weighted by Crippen LogP contribution is 2.24. The molecule has 0 aliphatic heterocycles. The van der Waals surface area contributed by atoms with Crippen LogP contribution in [0.4, 0.5) is 0 Å². The number of amides is 1. The van der Waals surface area contributed by atoms with Crippen LogP contribution in [0.1, 0.15) is 20.2 Å². The Morgan fingerprint density at radius 2 is 2.19 bits per heavy atom. The van der Waals surface area contributed by atoms with E-state index in [4.69, 9.17) is 11.6 Å². The molecule has 0 bridgehead atoms. The fourth-order valence-electron chi connectivity index (χ4n) is 2.07. The number of aryl methyl sites for hydroxylation is 1. The van der Waals surface area contributed by atoms with Crippen LogP contribution in [-0.4, -0.2) is 15.9 Å². The number of halogens is 1. The van der Waals surface area contributed by atoms with E-state index < -0.39 is 0 Å². The number of nitrogens with zero attached hydrogens (tertiary/aromatic N) is 2. The second kappa shape index (κ2) is 5.79. The predicted octanol–water partition coefficient (Wildman–Crippen LogP) is 3.58. The Hall–Kier alpha value is -1.98. The summed E-state index contributed by atoms with van der Waals surface area (Å²) in [7, 11) is 0. The molecule has 0 aliphatic rings. The molecule has 2 aromatic heterocycles. The van der Waals surface area contributed by atoms with Crippen molar-refractivity contribution in [1.29, 1.82) is 0 Å². The highest BCUT2D eigenvalue weighted by Gasteiger charge is 2.13. The summed E-state index contributed by atoms with van der Waals surface area (Å²) < 4.78 is 0. The number of benzene rings is 1. The maximum absolute atomic E-state index is 12.3. The van der Waals surface area contributed by atoms with Crippen LogP contribution in [0.5, 0.6) is 0 Å². The topological polar surface area (TPSA) is 54.9 Å². The van der Waals surface area contributed by atoms with Gasteiger partial charge in [0.15, 0.2) is 0 Å². The third kappa shape index (κ3) is 2.89. The first-order valence-corrected chi connectivity index (χ1v) is 7.57. The lowest BCUT2D eigenvalue weighted by Gasteiger charge is -2.07. The number of carbonyl (C=O) groups is 1. The number of hydrogen-bond acceptors (Lipinski definition) is 4. The van der Waals surface area contributed by atoms with Crippen molar-refractivity contribution in [1.82, 2.24) is 15.3 Å². The van der Waals surface area contributed by atoms with E-state index in [1.165, 1.54) is 0 Å². The minimum absolute atomic E-state index is 0.165. The normalized spacial score (nSPS) is 10.8. The van der Waals surface area contributed by atoms with Crippen LogP contribution in [0.15, 0.2) is 36.7 Å². The van der Waals surface area contributed by atoms with Crippen LogP contribution in [0.25, 0.3) is 10.9 Å². The van der Waals surface area contributed by atoms with Gasteiger partial charge in [-0.1, -0.05) is 11.6 Å². The van der Waals surface area contributed by atoms with Crippen molar-refractivity contribution in [3.63, 3.8) is 0 Å². The van der Waals surface area contributed by atoms with Gasteiger partial charge in [0, 0.05) is 22.7 Å². The minimum atomic E-state index is -0.165. The zero-order valence-electron chi connectivity index (χ0n) is 11.3. The van der Waals surface area contributed by atoms with Gasteiger partial charge >= 0.3 is 0 Å². The number of nitrogens with one attached hydrogen (secondary N) is 1. The van der Waals surface area contributed by atoms with E-state index in [1.54, 1.807) is 41.9 Å². The number of rotatable bonds is 3. The summed E-state index contributed by atoms with van der Waals surface area (Å²) in [6.07, 6.45) is 3.43. The molecule has 0 aliphatic carbocycles. The molecule has 0 atom stereocenters. The van der Waals surface area contributed by atoms with Crippen molar-refractivity contribution in [2.75, 3.05) is 0 Å². The fourth-order valence-corrected chi connectivity index (χ4v) is 3.02. The van der Waals surface area contributed by atoms with Gasteiger partial charge in [-0.25, -0.2) is 4.98 Å². The summed E-state index contributed by atoms with van der Waals surface area (Å²) in [6.45, 7) is 2.40. The van der Waals surface area contributed by atoms with E-state index in [2.05, 4.69) is 15.3 Å². The Morgan fingerprint density at radius 3 is 2.95 bits per heavy atom. The molecular weight excluding hydrogens is 306 g/mol. The molecular formula is C15H12ClN3OS. The third-order valence-electron chi connectivity index (χ3n) is 3.05. The van der Waals surface area contributed by atoms with E-state index in [1.807, 2.05) is 13.0 Å². The molecule has 6 heteroatoms. The average molecular weight is 318 g/mol. The Labute approximate surface area is 130 Å². The van der Waals surface area contributed by atoms with Gasteiger partial charge in [0.1, 0.15) is 0 Å². The van der Waals surface area contributed by atoms with Crippen molar-refractivity contribution in [2.24, 2.45) is 0 Å². The molecule has 0 radical (unpaired) electrons. The van der Waals surface area contributed by atoms with E-state index >= 15 is 0 Å². The molecule has 2 heterocycles. The fraction of sp³-hybridized carbons (Fsp3) is 0.133. The van der Waals surface area contributed by atoms with E-state index in [0.717, 1.165) is 15.3 Å². The second-order valence-corrected chi connectivity index (χ2v) is 6.25. The van der Waals surface area contributed by atoms with Crippen molar-refractivity contribution >= 4 is 39.7 Å². The first-order valence-electron chi connectivity index (χ1n) is 6.38. The SMILES string of the molecule is Cc1ncc(CNC(=O)c2ccc(Cl)c3cccnc23)s1. The van der Waals surface area contributed by atoms with Gasteiger partial charge in [-0.3, -0.25) is 9.78 Å². The first kappa shape index (κ1) is 14.0. The van der Waals surface area contributed by atoms with Gasteiger partial charge in [-0.05, 0) is 31.2 Å². The third-order valence-corrected chi connectivity index (χ3v) is 4.30. The summed E-state index contributed by atoms with van der Waals surface area (Å²) in [4.78, 5) is 21.8. The van der Waals surface area contributed by atoms with E-state index in [-0.39, 0.29) is 5.91 Å². The number of pyridine rings is 1. The van der Waals surface area contributed by atoms with Gasteiger partial charge in [-0.15, -0.1) is 11.3 Å². The van der Waals surface area contributed by atoms with Crippen LogP contribution >= 0.6 is 22.9 Å². The molecule has 0 saturated carbocycles. The Kier molecular flexibility index (Phi) is 3.86. The van der Waals surface area contributed by atoms with Crippen LogP contribution < -0.4 is 5.32 Å². The maximum atomic E-state index is 12.3. The molecule has 21 heavy (non-hydrogen) atoms. The second-order valence-electron chi connectivity index (χ2n) is 4.52.